The summed E-state index contributed by atoms with van der Waals surface area (Å²) in [6, 6.07) is 22.0. The zero-order valence-corrected chi connectivity index (χ0v) is 19.8. The zero-order chi connectivity index (χ0) is 21.0. The van der Waals surface area contributed by atoms with Gasteiger partial charge in [0.25, 0.3) is 0 Å². The van der Waals surface area contributed by atoms with E-state index in [0.29, 0.717) is 0 Å². The van der Waals surface area contributed by atoms with Crippen LogP contribution in [0.4, 0.5) is 0 Å². The number of aryl methyl sites for hydroxylation is 4. The van der Waals surface area contributed by atoms with Crippen molar-refractivity contribution >= 4 is 34.0 Å². The average molecular weight is 457 g/mol. The van der Waals surface area contributed by atoms with Crippen molar-refractivity contribution < 1.29 is 0 Å². The van der Waals surface area contributed by atoms with E-state index in [0.717, 1.165) is 31.2 Å². The van der Waals surface area contributed by atoms with Crippen LogP contribution in [0.25, 0.3) is 21.3 Å². The van der Waals surface area contributed by atoms with Crippen LogP contribution in [0.1, 0.15) is 45.7 Å². The molecular weight excluding hydrogens is 432 g/mol. The van der Waals surface area contributed by atoms with Crippen LogP contribution in [0, 0.1) is 18.3 Å². The van der Waals surface area contributed by atoms with Crippen molar-refractivity contribution in [3.8, 4) is 17.2 Å². The van der Waals surface area contributed by atoms with E-state index in [1.807, 2.05) is 17.4 Å². The Kier molecular flexibility index (Phi) is 5.32. The van der Waals surface area contributed by atoms with Gasteiger partial charge in [-0.05, 0) is 73.3 Å². The molecule has 32 heavy (non-hydrogen) atoms. The highest BCUT2D eigenvalue weighted by Gasteiger charge is 2.39. The van der Waals surface area contributed by atoms with Gasteiger partial charge in [0.05, 0.1) is 11.5 Å². The maximum atomic E-state index is 10.4. The van der Waals surface area contributed by atoms with Crippen LogP contribution in [-0.2, 0) is 31.1 Å². The molecule has 4 aromatic rings. The molecule has 1 unspecified atom stereocenters. The van der Waals surface area contributed by atoms with Gasteiger partial charge in [-0.3, -0.25) is 0 Å². The van der Waals surface area contributed by atoms with Gasteiger partial charge in [-0.2, -0.15) is 5.26 Å². The lowest BCUT2D eigenvalue weighted by Crippen LogP contribution is -2.32. The summed E-state index contributed by atoms with van der Waals surface area (Å²) < 4.78 is 0. The minimum Gasteiger partial charge on any atom is -0.242 e. The third-order valence-electron chi connectivity index (χ3n) is 7.19. The van der Waals surface area contributed by atoms with Crippen molar-refractivity contribution in [1.29, 1.82) is 5.26 Å². The average Bonchev–Trinajstić information content (AvgIpc) is 3.40. The van der Waals surface area contributed by atoms with Gasteiger partial charge in [0.2, 0.25) is 0 Å². The van der Waals surface area contributed by atoms with Gasteiger partial charge in [0.15, 0.2) is 0 Å². The lowest BCUT2D eigenvalue weighted by atomic mass is 9.68. The fraction of sp³-hybridized carbons (Fsp3) is 0.286. The van der Waals surface area contributed by atoms with Crippen LogP contribution in [0.2, 0.25) is 0 Å². The molecule has 0 spiro atoms. The van der Waals surface area contributed by atoms with Crippen LogP contribution >= 0.6 is 23.7 Å². The molecule has 2 aromatic heterocycles. The van der Waals surface area contributed by atoms with Crippen LogP contribution in [0.5, 0.6) is 0 Å². The van der Waals surface area contributed by atoms with E-state index in [4.69, 9.17) is 4.98 Å². The first-order chi connectivity index (χ1) is 15.2. The number of hydrogen-bond acceptors (Lipinski definition) is 3. The number of thiophene rings is 1. The van der Waals surface area contributed by atoms with E-state index in [1.54, 1.807) is 0 Å². The summed E-state index contributed by atoms with van der Waals surface area (Å²) >= 11 is 1.90. The summed E-state index contributed by atoms with van der Waals surface area (Å²) in [5.41, 5.74) is 8.53. The fourth-order valence-electron chi connectivity index (χ4n) is 5.53. The predicted molar refractivity (Wildman–Crippen MR) is 135 cm³/mol. The second-order valence-corrected chi connectivity index (χ2v) is 10.1. The van der Waals surface area contributed by atoms with Crippen molar-refractivity contribution in [1.82, 2.24) is 4.98 Å². The predicted octanol–water partition coefficient (Wildman–Crippen LogP) is 7.13. The van der Waals surface area contributed by atoms with Gasteiger partial charge < -0.3 is 0 Å². The minimum atomic E-state index is -0.484. The Bertz CT molecular complexity index is 1350. The van der Waals surface area contributed by atoms with E-state index in [9.17, 15) is 5.26 Å². The number of rotatable bonds is 2. The standard InChI is InChI=1S/C28H24N2S.ClH/c1-18-10-12-19(13-11-18)25-22-16-28(17-29,20-6-3-2-4-7-20)15-14-23(22)30-27-26(25)21-8-5-9-24(21)31-27;/h2-4,6-7,10-13H,5,8-9,14-16H2,1H3;1H. The number of nitriles is 1. The Morgan fingerprint density at radius 1 is 0.969 bits per heavy atom. The summed E-state index contributed by atoms with van der Waals surface area (Å²) in [6.07, 6.45) is 6.00. The first kappa shape index (κ1) is 21.2. The maximum absolute atomic E-state index is 10.4. The van der Waals surface area contributed by atoms with E-state index >= 15 is 0 Å². The molecule has 160 valence electrons. The Morgan fingerprint density at radius 3 is 2.50 bits per heavy atom. The summed E-state index contributed by atoms with van der Waals surface area (Å²) in [5, 5.41) is 11.7. The molecule has 0 saturated carbocycles. The van der Waals surface area contributed by atoms with Gasteiger partial charge in [0, 0.05) is 16.0 Å². The van der Waals surface area contributed by atoms with E-state index < -0.39 is 5.41 Å². The van der Waals surface area contributed by atoms with E-state index in [-0.39, 0.29) is 12.4 Å². The molecule has 0 amide bonds. The number of benzene rings is 2. The van der Waals surface area contributed by atoms with Crippen molar-refractivity contribution in [2.75, 3.05) is 0 Å². The monoisotopic (exact) mass is 456 g/mol. The van der Waals surface area contributed by atoms with Crippen molar-refractivity contribution in [2.24, 2.45) is 0 Å². The smallest absolute Gasteiger partial charge is 0.124 e. The number of halogens is 1. The molecule has 0 radical (unpaired) electrons. The van der Waals surface area contributed by atoms with E-state index in [2.05, 4.69) is 61.5 Å². The van der Waals surface area contributed by atoms with Gasteiger partial charge in [0.1, 0.15) is 4.83 Å². The van der Waals surface area contributed by atoms with Crippen molar-refractivity contribution in [2.45, 2.75) is 50.9 Å². The Labute approximate surface area is 199 Å². The van der Waals surface area contributed by atoms with Gasteiger partial charge in [-0.15, -0.1) is 23.7 Å². The van der Waals surface area contributed by atoms with Crippen LogP contribution < -0.4 is 0 Å². The highest BCUT2D eigenvalue weighted by atomic mass is 35.5. The second kappa shape index (κ2) is 8.03. The molecule has 0 fully saturated rings. The van der Waals surface area contributed by atoms with Crippen molar-refractivity contribution in [3.63, 3.8) is 0 Å². The SMILES string of the molecule is Cc1ccc(-c2c3c(nc4sc5c(c24)CCC5)CCC(C#N)(c2ccccc2)C3)cc1.Cl. The molecule has 0 aliphatic heterocycles. The molecule has 4 heteroatoms. The third-order valence-corrected chi connectivity index (χ3v) is 8.37. The zero-order valence-electron chi connectivity index (χ0n) is 18.1. The lowest BCUT2D eigenvalue weighted by molar-refractivity contribution is 0.468. The second-order valence-electron chi connectivity index (χ2n) is 9.05. The Hall–Kier alpha value is -2.67. The van der Waals surface area contributed by atoms with Gasteiger partial charge >= 0.3 is 0 Å². The molecule has 2 aromatic carbocycles. The maximum Gasteiger partial charge on any atom is 0.124 e. The first-order valence-corrected chi connectivity index (χ1v) is 12.0. The highest BCUT2D eigenvalue weighted by Crippen LogP contribution is 2.48. The number of hydrogen-bond donors (Lipinski definition) is 0. The molecular formula is C28H25ClN2S. The molecule has 6 rings (SSSR count). The van der Waals surface area contributed by atoms with Crippen LogP contribution in [0.3, 0.4) is 0 Å². The van der Waals surface area contributed by atoms with Gasteiger partial charge in [-0.1, -0.05) is 60.2 Å². The first-order valence-electron chi connectivity index (χ1n) is 11.2. The van der Waals surface area contributed by atoms with Crippen molar-refractivity contribution in [3.05, 3.63) is 87.4 Å². The molecule has 0 bridgehead atoms. The van der Waals surface area contributed by atoms with Gasteiger partial charge in [-0.25, -0.2) is 4.98 Å². The summed E-state index contributed by atoms with van der Waals surface area (Å²) in [4.78, 5) is 7.90. The summed E-state index contributed by atoms with van der Waals surface area (Å²) in [5.74, 6) is 0. The molecule has 0 saturated heterocycles. The highest BCUT2D eigenvalue weighted by molar-refractivity contribution is 7.19. The van der Waals surface area contributed by atoms with Crippen LogP contribution in [-0.4, -0.2) is 4.98 Å². The normalized spacial score (nSPS) is 19.1. The Morgan fingerprint density at radius 2 is 1.75 bits per heavy atom. The molecule has 0 N–H and O–H groups in total. The quantitative estimate of drug-likeness (QED) is 0.321. The fourth-order valence-corrected chi connectivity index (χ4v) is 6.82. The number of fused-ring (bicyclic) bond motifs is 4. The minimum absolute atomic E-state index is 0. The summed E-state index contributed by atoms with van der Waals surface area (Å²) in [6.45, 7) is 2.14. The molecule has 2 heterocycles. The number of pyridine rings is 1. The van der Waals surface area contributed by atoms with Crippen LogP contribution in [0.15, 0.2) is 54.6 Å². The Balaban J connectivity index is 0.00000216. The topological polar surface area (TPSA) is 36.7 Å². The largest absolute Gasteiger partial charge is 0.242 e. The molecule has 2 aliphatic rings. The molecule has 2 aliphatic carbocycles. The summed E-state index contributed by atoms with van der Waals surface area (Å²) in [7, 11) is 0. The van der Waals surface area contributed by atoms with E-state index in [1.165, 1.54) is 61.4 Å². The lowest BCUT2D eigenvalue weighted by Gasteiger charge is -2.34. The molecule has 1 atom stereocenters. The molecule has 2 nitrogen and oxygen atoms in total. The number of nitrogens with zero attached hydrogens (tertiary/aromatic N) is 2. The number of aromatic nitrogens is 1. The third kappa shape index (κ3) is 3.17.